The third kappa shape index (κ3) is 4.60. The summed E-state index contributed by atoms with van der Waals surface area (Å²) in [6.07, 6.45) is 4.06. The molecular formula is C28H31NO5S. The van der Waals surface area contributed by atoms with Gasteiger partial charge in [0.1, 0.15) is 5.75 Å². The molecule has 4 atom stereocenters. The highest BCUT2D eigenvalue weighted by molar-refractivity contribution is 7.09. The van der Waals surface area contributed by atoms with Gasteiger partial charge in [0, 0.05) is 23.5 Å². The Hall–Kier alpha value is -2.74. The van der Waals surface area contributed by atoms with Crippen molar-refractivity contribution >= 4 is 29.2 Å². The Kier molecular flexibility index (Phi) is 6.91. The van der Waals surface area contributed by atoms with Gasteiger partial charge in [0.15, 0.2) is 0 Å². The molecule has 3 heterocycles. The van der Waals surface area contributed by atoms with Gasteiger partial charge in [0.05, 0.1) is 37.7 Å². The number of nitrogens with zero attached hydrogens (tertiary/aromatic N) is 1. The molecule has 6 nitrogen and oxygen atoms in total. The van der Waals surface area contributed by atoms with E-state index in [9.17, 15) is 14.7 Å². The van der Waals surface area contributed by atoms with Gasteiger partial charge in [0.25, 0.3) is 0 Å². The minimum atomic E-state index is -0.346. The Balaban J connectivity index is 1.34. The predicted octanol–water partition coefficient (Wildman–Crippen LogP) is 4.80. The Labute approximate surface area is 209 Å². The summed E-state index contributed by atoms with van der Waals surface area (Å²) in [7, 11) is 1.67. The second-order valence-corrected chi connectivity index (χ2v) is 10.7. The predicted molar refractivity (Wildman–Crippen MR) is 135 cm³/mol. The maximum atomic E-state index is 13.5. The Morgan fingerprint density at radius 1 is 1.20 bits per heavy atom. The average Bonchev–Trinajstić information content (AvgIpc) is 3.56. The fourth-order valence-corrected chi connectivity index (χ4v) is 6.56. The van der Waals surface area contributed by atoms with Crippen molar-refractivity contribution in [2.75, 3.05) is 20.3 Å². The average molecular weight is 494 g/mol. The molecule has 2 saturated heterocycles. The zero-order valence-corrected chi connectivity index (χ0v) is 20.9. The van der Waals surface area contributed by atoms with Crippen molar-refractivity contribution in [3.63, 3.8) is 0 Å². The van der Waals surface area contributed by atoms with Crippen LogP contribution in [0.4, 0.5) is 0 Å². The van der Waals surface area contributed by atoms with Crippen molar-refractivity contribution in [2.45, 2.75) is 38.8 Å². The molecule has 5 rings (SSSR count). The number of rotatable bonds is 8. The maximum Gasteiger partial charge on any atom is 0.234 e. The normalized spacial score (nSPS) is 26.5. The molecule has 35 heavy (non-hydrogen) atoms. The first-order valence-corrected chi connectivity index (χ1v) is 13.0. The molecule has 3 aliphatic rings. The molecule has 0 saturated carbocycles. The number of imide groups is 1. The molecule has 1 aliphatic carbocycles. The summed E-state index contributed by atoms with van der Waals surface area (Å²) < 4.78 is 11.8. The van der Waals surface area contributed by atoms with Crippen LogP contribution in [0.3, 0.4) is 0 Å². The molecule has 2 fully saturated rings. The largest absolute Gasteiger partial charge is 0.507 e. The van der Waals surface area contributed by atoms with Crippen molar-refractivity contribution in [2.24, 2.45) is 17.8 Å². The number of hydrogen-bond donors (Lipinski definition) is 1. The van der Waals surface area contributed by atoms with Crippen LogP contribution in [0.25, 0.3) is 6.08 Å². The second kappa shape index (κ2) is 10.1. The van der Waals surface area contributed by atoms with E-state index in [1.165, 1.54) is 10.5 Å². The molecule has 2 aliphatic heterocycles. The van der Waals surface area contributed by atoms with Crippen LogP contribution in [0, 0.1) is 17.8 Å². The van der Waals surface area contributed by atoms with Crippen molar-refractivity contribution in [1.82, 2.24) is 4.90 Å². The van der Waals surface area contributed by atoms with Crippen LogP contribution in [0.1, 0.15) is 36.6 Å². The quantitative estimate of drug-likeness (QED) is 0.422. The number of methoxy groups -OCH3 is 1. The monoisotopic (exact) mass is 493 g/mol. The molecule has 0 radical (unpaired) electrons. The molecule has 2 amide bonds. The van der Waals surface area contributed by atoms with Gasteiger partial charge in [-0.3, -0.25) is 14.5 Å². The first-order chi connectivity index (χ1) is 17.0. The molecule has 1 aromatic heterocycles. The van der Waals surface area contributed by atoms with Gasteiger partial charge >= 0.3 is 0 Å². The number of hydrogen-bond acceptors (Lipinski definition) is 6. The van der Waals surface area contributed by atoms with Crippen molar-refractivity contribution in [3.8, 4) is 5.75 Å². The van der Waals surface area contributed by atoms with Crippen LogP contribution in [0.15, 0.2) is 58.5 Å². The summed E-state index contributed by atoms with van der Waals surface area (Å²) in [5, 5.41) is 12.0. The summed E-state index contributed by atoms with van der Waals surface area (Å²) >= 11 is 1.56. The number of fused-ring (bicyclic) bond motifs is 3. The molecule has 7 heteroatoms. The van der Waals surface area contributed by atoms with E-state index in [0.29, 0.717) is 26.2 Å². The van der Waals surface area contributed by atoms with Gasteiger partial charge in [-0.05, 0) is 54.8 Å². The zero-order chi connectivity index (χ0) is 24.5. The zero-order valence-electron chi connectivity index (χ0n) is 20.1. The highest BCUT2D eigenvalue weighted by atomic mass is 32.1. The van der Waals surface area contributed by atoms with Crippen molar-refractivity contribution < 1.29 is 24.2 Å². The lowest BCUT2D eigenvalue weighted by molar-refractivity contribution is -0.140. The van der Waals surface area contributed by atoms with E-state index in [0.717, 1.165) is 34.4 Å². The van der Waals surface area contributed by atoms with Gasteiger partial charge in [-0.2, -0.15) is 0 Å². The summed E-state index contributed by atoms with van der Waals surface area (Å²) in [5.74, 6) is -0.606. The number of aromatic hydroxyl groups is 1. The minimum absolute atomic E-state index is 0.0627. The number of likely N-dealkylation sites (tertiary alicyclic amines) is 1. The van der Waals surface area contributed by atoms with E-state index in [4.69, 9.17) is 9.47 Å². The van der Waals surface area contributed by atoms with E-state index < -0.39 is 0 Å². The van der Waals surface area contributed by atoms with Gasteiger partial charge < -0.3 is 14.6 Å². The third-order valence-electron chi connectivity index (χ3n) is 7.45. The Morgan fingerprint density at radius 2 is 2.03 bits per heavy atom. The summed E-state index contributed by atoms with van der Waals surface area (Å²) in [4.78, 5) is 29.2. The number of thiophene rings is 1. The van der Waals surface area contributed by atoms with Crippen LogP contribution in [0.2, 0.25) is 0 Å². The number of carbonyl (C=O) groups excluding carboxylic acids is 2. The summed E-state index contributed by atoms with van der Waals surface area (Å²) in [6.45, 7) is 3.32. The Morgan fingerprint density at radius 3 is 2.77 bits per heavy atom. The molecule has 0 unspecified atom stereocenters. The number of ether oxygens (including phenoxy) is 2. The fraction of sp³-hybridized carbons (Fsp3) is 0.429. The number of allylic oxidation sites excluding steroid dienone is 1. The van der Waals surface area contributed by atoms with Crippen LogP contribution in [-0.2, 0) is 25.6 Å². The van der Waals surface area contributed by atoms with Crippen molar-refractivity contribution in [3.05, 3.63) is 68.9 Å². The first-order valence-electron chi connectivity index (χ1n) is 12.1. The summed E-state index contributed by atoms with van der Waals surface area (Å²) in [5.41, 5.74) is 4.23. The maximum absolute atomic E-state index is 13.5. The number of phenolic OH excluding ortho intramolecular Hbond substituents is 1. The second-order valence-electron chi connectivity index (χ2n) is 9.69. The van der Waals surface area contributed by atoms with Crippen LogP contribution in [-0.4, -0.2) is 48.2 Å². The van der Waals surface area contributed by atoms with Crippen LogP contribution < -0.4 is 0 Å². The number of para-hydroxylation sites is 1. The fourth-order valence-electron chi connectivity index (χ4n) is 5.87. The summed E-state index contributed by atoms with van der Waals surface area (Å²) in [6, 6.07) is 11.2. The van der Waals surface area contributed by atoms with E-state index in [2.05, 4.69) is 6.92 Å². The van der Waals surface area contributed by atoms with Gasteiger partial charge in [-0.1, -0.05) is 35.9 Å². The molecule has 0 spiro atoms. The lowest BCUT2D eigenvalue weighted by Crippen LogP contribution is -2.35. The van der Waals surface area contributed by atoms with E-state index in [1.54, 1.807) is 24.5 Å². The van der Waals surface area contributed by atoms with Crippen LogP contribution in [0.5, 0.6) is 5.75 Å². The number of benzene rings is 1. The number of amides is 2. The third-order valence-corrected chi connectivity index (χ3v) is 8.31. The van der Waals surface area contributed by atoms with Gasteiger partial charge in [0.2, 0.25) is 11.8 Å². The Bertz CT molecular complexity index is 1170. The number of phenols is 1. The topological polar surface area (TPSA) is 76.1 Å². The molecule has 1 N–H and O–H groups in total. The highest BCUT2D eigenvalue weighted by Crippen LogP contribution is 2.50. The molecule has 184 valence electrons. The van der Waals surface area contributed by atoms with Gasteiger partial charge in [-0.25, -0.2) is 0 Å². The standard InChI is InChI=1S/C28H31NO5S/c1-17(12-18-6-3-4-8-23(18)30)9-10-24-25-19(15-33-2)13-21-26(22(25)16-34-24)28(32)29(27(21)31)14-20-7-5-11-35-20/h3-8,11-12,21-22,24,26,30H,9-10,13-16H2,1-2H3/b17-12+/t21-,22+,24-,26-/m1/s1. The molecule has 2 aromatic rings. The van der Waals surface area contributed by atoms with E-state index in [-0.39, 0.29) is 41.4 Å². The first kappa shape index (κ1) is 24.0. The minimum Gasteiger partial charge on any atom is -0.507 e. The van der Waals surface area contributed by atoms with E-state index in [1.807, 2.05) is 41.8 Å². The smallest absolute Gasteiger partial charge is 0.234 e. The van der Waals surface area contributed by atoms with Gasteiger partial charge in [-0.15, -0.1) is 11.3 Å². The lowest BCUT2D eigenvalue weighted by Gasteiger charge is -2.31. The van der Waals surface area contributed by atoms with Crippen molar-refractivity contribution in [1.29, 1.82) is 0 Å². The van der Waals surface area contributed by atoms with Crippen LogP contribution >= 0.6 is 11.3 Å². The molecule has 0 bridgehead atoms. The molecular weight excluding hydrogens is 462 g/mol. The number of carbonyl (C=O) groups is 2. The van der Waals surface area contributed by atoms with E-state index >= 15 is 0 Å². The lowest BCUT2D eigenvalue weighted by atomic mass is 9.69. The SMILES string of the molecule is COCC1=C2[C@@H](CC/C(C)=C/c3ccccc3O)OC[C@@H]2[C@@H]2C(=O)N(Cc3cccs3)C(=O)[C@@H]2C1. The highest BCUT2D eigenvalue weighted by Gasteiger charge is 2.56. The molecule has 1 aromatic carbocycles.